The average Bonchev–Trinajstić information content (AvgIpc) is 3.07. The van der Waals surface area contributed by atoms with E-state index in [9.17, 15) is 24.9 Å². The van der Waals surface area contributed by atoms with Gasteiger partial charge in [0.15, 0.2) is 0 Å². The summed E-state index contributed by atoms with van der Waals surface area (Å²) in [5, 5.41) is 48.6. The molecule has 0 amide bonds. The van der Waals surface area contributed by atoms with Crippen molar-refractivity contribution in [1.29, 1.82) is 0 Å². The number of hydrogen-bond acceptors (Lipinski definition) is 8. The van der Waals surface area contributed by atoms with Crippen molar-refractivity contribution in [2.24, 2.45) is 5.92 Å². The van der Waals surface area contributed by atoms with E-state index in [1.54, 1.807) is 48.5 Å². The monoisotopic (exact) mass is 690 g/mol. The largest absolute Gasteiger partial charge is 0.493 e. The molecule has 0 heterocycles. The Balaban J connectivity index is 1.63. The van der Waals surface area contributed by atoms with Gasteiger partial charge in [0.1, 0.15) is 29.9 Å². The molecule has 11 heteroatoms. The van der Waals surface area contributed by atoms with Gasteiger partial charge in [0, 0.05) is 29.4 Å². The van der Waals surface area contributed by atoms with Gasteiger partial charge in [-0.3, -0.25) is 4.79 Å². The number of ether oxygens (including phenoxy) is 2. The second-order valence-corrected chi connectivity index (χ2v) is 13.2. The molecule has 4 atom stereocenters. The molecule has 0 aromatic heterocycles. The zero-order chi connectivity index (χ0) is 35.6. The first-order chi connectivity index (χ1) is 23.3. The van der Waals surface area contributed by atoms with E-state index in [-0.39, 0.29) is 36.3 Å². The second kappa shape index (κ2) is 17.1. The number of aliphatic carboxylic acids is 1. The lowest BCUT2D eigenvalue weighted by atomic mass is 9.87. The van der Waals surface area contributed by atoms with Gasteiger partial charge in [0.2, 0.25) is 0 Å². The third-order valence-corrected chi connectivity index (χ3v) is 8.23. The molecular formula is C38H43ClN2O8. The molecule has 0 spiro atoms. The lowest BCUT2D eigenvalue weighted by Gasteiger charge is -2.35. The molecule has 49 heavy (non-hydrogen) atoms. The first-order valence-corrected chi connectivity index (χ1v) is 16.3. The zero-order valence-electron chi connectivity index (χ0n) is 27.7. The molecule has 0 aliphatic carbocycles. The van der Waals surface area contributed by atoms with Crippen LogP contribution in [0.4, 0.5) is 11.4 Å². The molecule has 0 bridgehead atoms. The Morgan fingerprint density at radius 2 is 1.49 bits per heavy atom. The number of carboxylic acids is 2. The normalized spacial score (nSPS) is 13.8. The van der Waals surface area contributed by atoms with Crippen LogP contribution in [-0.2, 0) is 16.6 Å². The second-order valence-electron chi connectivity index (χ2n) is 12.8. The number of halogens is 1. The van der Waals surface area contributed by atoms with Crippen LogP contribution in [0.15, 0.2) is 97.1 Å². The number of carbonyl (C=O) groups is 2. The van der Waals surface area contributed by atoms with Gasteiger partial charge in [-0.1, -0.05) is 56.6 Å². The fourth-order valence-corrected chi connectivity index (χ4v) is 5.26. The van der Waals surface area contributed by atoms with Crippen LogP contribution >= 0.6 is 11.6 Å². The quantitative estimate of drug-likeness (QED) is 0.0659. The van der Waals surface area contributed by atoms with Crippen LogP contribution in [0, 0.1) is 5.92 Å². The summed E-state index contributed by atoms with van der Waals surface area (Å²) < 4.78 is 12.5. The minimum atomic E-state index is -1.31. The van der Waals surface area contributed by atoms with Crippen LogP contribution < -0.4 is 20.1 Å². The number of anilines is 2. The molecule has 260 valence electrons. The zero-order valence-corrected chi connectivity index (χ0v) is 28.4. The Hall–Kier alpha value is -4.77. The number of carboxylic acid groups (broad SMARTS) is 2. The first-order valence-electron chi connectivity index (χ1n) is 15.9. The first kappa shape index (κ1) is 37.1. The van der Waals surface area contributed by atoms with Crippen molar-refractivity contribution in [3.05, 3.63) is 119 Å². The third kappa shape index (κ3) is 11.4. The Morgan fingerprint density at radius 3 is 2.10 bits per heavy atom. The number of benzene rings is 4. The lowest BCUT2D eigenvalue weighted by Crippen LogP contribution is -2.51. The maximum atomic E-state index is 11.7. The lowest BCUT2D eigenvalue weighted by molar-refractivity contribution is -0.136. The van der Waals surface area contributed by atoms with Gasteiger partial charge in [-0.2, -0.15) is 0 Å². The predicted molar refractivity (Wildman–Crippen MR) is 190 cm³/mol. The van der Waals surface area contributed by atoms with E-state index in [0.717, 1.165) is 16.8 Å². The summed E-state index contributed by atoms with van der Waals surface area (Å²) in [4.78, 5) is 22.6. The fraction of sp³-hybridized carbons (Fsp3) is 0.316. The van der Waals surface area contributed by atoms with Gasteiger partial charge < -0.3 is 40.5 Å². The van der Waals surface area contributed by atoms with Crippen LogP contribution in [-0.4, -0.2) is 64.0 Å². The van der Waals surface area contributed by atoms with Crippen LogP contribution in [0.2, 0.25) is 5.02 Å². The molecule has 0 fully saturated rings. The molecule has 4 unspecified atom stereocenters. The Labute approximate surface area is 291 Å². The van der Waals surface area contributed by atoms with Crippen LogP contribution in [0.1, 0.15) is 48.7 Å². The van der Waals surface area contributed by atoms with E-state index in [1.807, 2.05) is 24.3 Å². The summed E-state index contributed by atoms with van der Waals surface area (Å²) in [5.41, 5.74) is 3.31. The molecule has 0 saturated carbocycles. The molecule has 0 aliphatic rings. The van der Waals surface area contributed by atoms with Crippen LogP contribution in [0.3, 0.4) is 0 Å². The molecule has 4 aromatic carbocycles. The maximum absolute atomic E-state index is 11.7. The molecule has 6 N–H and O–H groups in total. The van der Waals surface area contributed by atoms with Crippen molar-refractivity contribution < 1.29 is 39.5 Å². The van der Waals surface area contributed by atoms with E-state index >= 15 is 0 Å². The van der Waals surface area contributed by atoms with Crippen molar-refractivity contribution in [2.75, 3.05) is 23.8 Å². The SMILES string of the molecule is CC(C)(C)c1ccc(NCC(O)C(Oc2ccc(C(=O)O)cc2)C(COc2cccc(CCC(=O)O)c2)C(O)Nc2ccc(Cl)cc2)cc1. The highest BCUT2D eigenvalue weighted by atomic mass is 35.5. The topological polar surface area (TPSA) is 158 Å². The van der Waals surface area contributed by atoms with Gasteiger partial charge in [0.05, 0.1) is 18.1 Å². The van der Waals surface area contributed by atoms with E-state index in [4.69, 9.17) is 26.2 Å². The van der Waals surface area contributed by atoms with E-state index < -0.39 is 36.3 Å². The number of rotatable bonds is 17. The summed E-state index contributed by atoms with van der Waals surface area (Å²) >= 11 is 6.07. The van der Waals surface area contributed by atoms with Crippen molar-refractivity contribution in [2.45, 2.75) is 57.5 Å². The van der Waals surface area contributed by atoms with Gasteiger partial charge in [0.25, 0.3) is 0 Å². The maximum Gasteiger partial charge on any atom is 0.335 e. The number of aliphatic hydroxyl groups is 2. The van der Waals surface area contributed by atoms with Crippen LogP contribution in [0.25, 0.3) is 0 Å². The number of nitrogens with one attached hydrogen (secondary N) is 2. The van der Waals surface area contributed by atoms with Gasteiger partial charge in [-0.15, -0.1) is 0 Å². The Bertz CT molecular complexity index is 1660. The highest BCUT2D eigenvalue weighted by Crippen LogP contribution is 2.27. The van der Waals surface area contributed by atoms with Crippen molar-refractivity contribution >= 4 is 34.9 Å². The number of aromatic carboxylic acids is 1. The number of aliphatic hydroxyl groups excluding tert-OH is 2. The van der Waals surface area contributed by atoms with Crippen molar-refractivity contribution in [1.82, 2.24) is 0 Å². The Morgan fingerprint density at radius 1 is 0.837 bits per heavy atom. The van der Waals surface area contributed by atoms with Crippen LogP contribution in [0.5, 0.6) is 11.5 Å². The van der Waals surface area contributed by atoms with E-state index in [2.05, 4.69) is 31.4 Å². The number of aryl methyl sites for hydroxylation is 1. The van der Waals surface area contributed by atoms with Gasteiger partial charge in [-0.05, 0) is 95.8 Å². The highest BCUT2D eigenvalue weighted by Gasteiger charge is 2.37. The summed E-state index contributed by atoms with van der Waals surface area (Å²) in [7, 11) is 0. The number of hydrogen-bond donors (Lipinski definition) is 6. The predicted octanol–water partition coefficient (Wildman–Crippen LogP) is 6.70. The molecular weight excluding hydrogens is 648 g/mol. The molecule has 0 aliphatic heterocycles. The van der Waals surface area contributed by atoms with Gasteiger partial charge >= 0.3 is 11.9 Å². The molecule has 4 aromatic rings. The molecule has 0 radical (unpaired) electrons. The minimum Gasteiger partial charge on any atom is -0.493 e. The van der Waals surface area contributed by atoms with Crippen molar-refractivity contribution in [3.63, 3.8) is 0 Å². The van der Waals surface area contributed by atoms with E-state index in [1.165, 1.54) is 24.3 Å². The smallest absolute Gasteiger partial charge is 0.335 e. The summed E-state index contributed by atoms with van der Waals surface area (Å²) in [5.74, 6) is -2.18. The van der Waals surface area contributed by atoms with Gasteiger partial charge in [-0.25, -0.2) is 4.79 Å². The minimum absolute atomic E-state index is 0.0244. The van der Waals surface area contributed by atoms with Crippen molar-refractivity contribution in [3.8, 4) is 11.5 Å². The molecule has 4 rings (SSSR count). The Kier molecular flexibility index (Phi) is 12.9. The summed E-state index contributed by atoms with van der Waals surface area (Å²) in [6.45, 7) is 6.30. The standard InChI is InChI=1S/C38H43ClN2O8/c1-38(2,3)26-10-14-28(15-11-26)40-22-33(42)35(49-30-18-8-25(9-19-30)37(46)47)32(36(45)41-29-16-12-27(39)13-17-29)23-48-31-6-4-5-24(21-31)7-20-34(43)44/h4-6,8-19,21,32-33,35-36,40-42,45H,7,20,22-23H2,1-3H3,(H,43,44)(H,46,47). The summed E-state index contributed by atoms with van der Waals surface area (Å²) in [6.07, 6.45) is -3.30. The molecule has 10 nitrogen and oxygen atoms in total. The fourth-order valence-electron chi connectivity index (χ4n) is 5.14. The average molecular weight is 691 g/mol. The highest BCUT2D eigenvalue weighted by molar-refractivity contribution is 6.30. The summed E-state index contributed by atoms with van der Waals surface area (Å²) in [6, 6.07) is 27.5. The van der Waals surface area contributed by atoms with E-state index in [0.29, 0.717) is 22.9 Å². The third-order valence-electron chi connectivity index (χ3n) is 7.97. The molecule has 0 saturated heterocycles.